The Kier molecular flexibility index (Phi) is 16.9. The summed E-state index contributed by atoms with van der Waals surface area (Å²) in [5.41, 5.74) is 4.36. The van der Waals surface area contributed by atoms with E-state index in [9.17, 15) is 19.2 Å². The van der Waals surface area contributed by atoms with Gasteiger partial charge in [0.2, 0.25) is 11.8 Å². The van der Waals surface area contributed by atoms with Crippen molar-refractivity contribution >= 4 is 40.8 Å². The molecule has 11 nitrogen and oxygen atoms in total. The topological polar surface area (TPSA) is 127 Å². The number of hydrogen-bond acceptors (Lipinski definition) is 8. The normalized spacial score (nSPS) is 12.7. The number of para-hydroxylation sites is 1. The minimum Gasteiger partial charge on any atom is -0.381 e. The van der Waals surface area contributed by atoms with E-state index < -0.39 is 0 Å². The predicted molar refractivity (Wildman–Crippen MR) is 205 cm³/mol. The molecule has 2 heterocycles. The van der Waals surface area contributed by atoms with Crippen molar-refractivity contribution in [3.8, 4) is 22.5 Å². The number of rotatable bonds is 23. The van der Waals surface area contributed by atoms with Crippen LogP contribution in [0.25, 0.3) is 22.5 Å². The van der Waals surface area contributed by atoms with Gasteiger partial charge in [0.1, 0.15) is 23.0 Å². The lowest BCUT2D eigenvalue weighted by molar-refractivity contribution is -0.129. The molecular formula is C40H55ClN6O5. The maximum atomic E-state index is 14.2. The number of carbonyl (C=O) groups is 4. The molecule has 0 saturated heterocycles. The van der Waals surface area contributed by atoms with Crippen LogP contribution in [0.1, 0.15) is 110 Å². The second kappa shape index (κ2) is 21.6. The first kappa shape index (κ1) is 40.8. The lowest BCUT2D eigenvalue weighted by atomic mass is 9.88. The van der Waals surface area contributed by atoms with Gasteiger partial charge in [-0.15, -0.1) is 9.89 Å². The van der Waals surface area contributed by atoms with Crippen LogP contribution in [-0.4, -0.2) is 64.8 Å². The standard InChI is InChI=1S/C40H55ClN6O5/c1-4-15-38(51)46(25-5-2)47-40-34-19-9-10-20-35(34)45(29-31-17-7-8-18-33(31)39(40)43-44-47)37(50)23-22-32(48)28-30(16-11-13-24-42-41)36(49)21-12-14-27-52-26-6-3/h7-10,17-20,30,42H,4-6,11-16,21-29H2,1-3H3. The minimum absolute atomic E-state index is 0.00248. The van der Waals surface area contributed by atoms with Gasteiger partial charge < -0.3 is 9.64 Å². The Morgan fingerprint density at radius 1 is 0.865 bits per heavy atom. The summed E-state index contributed by atoms with van der Waals surface area (Å²) >= 11 is 5.63. The molecule has 0 bridgehead atoms. The first-order valence-electron chi connectivity index (χ1n) is 19.0. The summed E-state index contributed by atoms with van der Waals surface area (Å²) in [6, 6.07) is 15.4. The molecule has 282 valence electrons. The molecule has 0 fully saturated rings. The van der Waals surface area contributed by atoms with Crippen LogP contribution in [0.3, 0.4) is 0 Å². The summed E-state index contributed by atoms with van der Waals surface area (Å²) < 4.78 is 5.56. The van der Waals surface area contributed by atoms with Gasteiger partial charge in [-0.3, -0.25) is 19.2 Å². The highest BCUT2D eigenvalue weighted by Crippen LogP contribution is 2.41. The summed E-state index contributed by atoms with van der Waals surface area (Å²) in [6.07, 6.45) is 7.07. The maximum Gasteiger partial charge on any atom is 0.242 e. The maximum absolute atomic E-state index is 14.2. The number of benzene rings is 2. The fourth-order valence-corrected chi connectivity index (χ4v) is 6.82. The quantitative estimate of drug-likeness (QED) is 0.0781. The first-order valence-corrected chi connectivity index (χ1v) is 19.4. The summed E-state index contributed by atoms with van der Waals surface area (Å²) in [7, 11) is 0. The van der Waals surface area contributed by atoms with Crippen LogP contribution >= 0.6 is 11.8 Å². The van der Waals surface area contributed by atoms with E-state index in [0.29, 0.717) is 69.1 Å². The van der Waals surface area contributed by atoms with Crippen molar-refractivity contribution in [2.24, 2.45) is 5.92 Å². The lowest BCUT2D eigenvalue weighted by Gasteiger charge is -2.30. The fraction of sp³-hybridized carbons (Fsp3) is 0.550. The predicted octanol–water partition coefficient (Wildman–Crippen LogP) is 7.57. The second-order valence-corrected chi connectivity index (χ2v) is 13.7. The van der Waals surface area contributed by atoms with Gasteiger partial charge in [-0.2, -0.15) is 0 Å². The third-order valence-corrected chi connectivity index (χ3v) is 9.54. The van der Waals surface area contributed by atoms with Gasteiger partial charge >= 0.3 is 0 Å². The zero-order valence-corrected chi connectivity index (χ0v) is 31.8. The molecule has 2 amide bonds. The van der Waals surface area contributed by atoms with E-state index in [2.05, 4.69) is 22.1 Å². The summed E-state index contributed by atoms with van der Waals surface area (Å²) in [5, 5.41) is 10.8. The van der Waals surface area contributed by atoms with Gasteiger partial charge in [0.05, 0.1) is 12.2 Å². The van der Waals surface area contributed by atoms with Gasteiger partial charge in [0, 0.05) is 75.5 Å². The monoisotopic (exact) mass is 734 g/mol. The molecule has 0 saturated carbocycles. The molecule has 1 aliphatic rings. The smallest absolute Gasteiger partial charge is 0.242 e. The Morgan fingerprint density at radius 3 is 2.38 bits per heavy atom. The third-order valence-electron chi connectivity index (χ3n) is 9.35. The molecular weight excluding hydrogens is 680 g/mol. The van der Waals surface area contributed by atoms with E-state index in [-0.39, 0.29) is 55.1 Å². The number of aromatic nitrogens is 3. The highest BCUT2D eigenvalue weighted by atomic mass is 35.5. The van der Waals surface area contributed by atoms with Crippen molar-refractivity contribution in [3.63, 3.8) is 0 Å². The number of amides is 2. The van der Waals surface area contributed by atoms with E-state index in [0.717, 1.165) is 55.2 Å². The van der Waals surface area contributed by atoms with Gasteiger partial charge in [-0.05, 0) is 73.6 Å². The molecule has 1 unspecified atom stereocenters. The van der Waals surface area contributed by atoms with Gasteiger partial charge in [-0.25, -0.2) is 9.84 Å². The number of anilines is 1. The van der Waals surface area contributed by atoms with Crippen molar-refractivity contribution in [1.82, 2.24) is 19.9 Å². The van der Waals surface area contributed by atoms with Crippen molar-refractivity contribution < 1.29 is 23.9 Å². The van der Waals surface area contributed by atoms with Crippen molar-refractivity contribution in [2.75, 3.05) is 36.2 Å². The molecule has 2 aromatic carbocycles. The van der Waals surface area contributed by atoms with Crippen LogP contribution < -0.4 is 14.7 Å². The first-order chi connectivity index (χ1) is 25.3. The van der Waals surface area contributed by atoms with E-state index >= 15 is 0 Å². The fourth-order valence-electron chi connectivity index (χ4n) is 6.69. The largest absolute Gasteiger partial charge is 0.381 e. The number of Topliss-reactive ketones (excluding diaryl/α,β-unsaturated/α-hetero) is 2. The Morgan fingerprint density at radius 2 is 1.63 bits per heavy atom. The Bertz CT molecular complexity index is 1630. The molecule has 1 atom stereocenters. The molecule has 0 radical (unpaired) electrons. The van der Waals surface area contributed by atoms with E-state index in [4.69, 9.17) is 16.5 Å². The van der Waals surface area contributed by atoms with Crippen LogP contribution in [-0.2, 0) is 30.5 Å². The molecule has 0 aliphatic carbocycles. The number of nitrogens with zero attached hydrogens (tertiary/aromatic N) is 5. The minimum atomic E-state index is -0.378. The Balaban J connectivity index is 1.56. The summed E-state index contributed by atoms with van der Waals surface area (Å²) in [5.74, 6) is -0.628. The zero-order valence-electron chi connectivity index (χ0n) is 31.1. The van der Waals surface area contributed by atoms with Gasteiger partial charge in [0.25, 0.3) is 0 Å². The highest BCUT2D eigenvalue weighted by Gasteiger charge is 2.32. The number of carbonyl (C=O) groups excluding carboxylic acids is 4. The summed E-state index contributed by atoms with van der Waals surface area (Å²) in [4.78, 5) is 60.2. The third kappa shape index (κ3) is 11.0. The van der Waals surface area contributed by atoms with Crippen LogP contribution in [0.5, 0.6) is 0 Å². The molecule has 1 N–H and O–H groups in total. The van der Waals surface area contributed by atoms with E-state index in [1.165, 1.54) is 0 Å². The molecule has 1 aliphatic heterocycles. The van der Waals surface area contributed by atoms with Crippen molar-refractivity contribution in [2.45, 2.75) is 111 Å². The molecule has 0 spiro atoms. The molecule has 12 heteroatoms. The van der Waals surface area contributed by atoms with Gasteiger partial charge in [0.15, 0.2) is 0 Å². The Hall–Kier alpha value is -3.93. The van der Waals surface area contributed by atoms with Crippen LogP contribution in [0.4, 0.5) is 5.69 Å². The second-order valence-electron chi connectivity index (χ2n) is 13.5. The molecule has 1 aromatic heterocycles. The summed E-state index contributed by atoms with van der Waals surface area (Å²) in [6.45, 7) is 8.76. The SMILES string of the molecule is CCCOCCCCC(=O)C(CCCCNCl)CC(=O)CCC(=O)N1Cc2ccccc2-c2nnn(N(CCC)C(=O)CCC)c2-c2ccccc21. The number of halogens is 1. The van der Waals surface area contributed by atoms with Crippen LogP contribution in [0.15, 0.2) is 48.5 Å². The number of ether oxygens (including phenoxy) is 1. The van der Waals surface area contributed by atoms with Crippen LogP contribution in [0.2, 0.25) is 0 Å². The van der Waals surface area contributed by atoms with Crippen molar-refractivity contribution in [1.29, 1.82) is 0 Å². The number of nitrogens with one attached hydrogen (secondary N) is 1. The number of ketones is 2. The van der Waals surface area contributed by atoms with Gasteiger partial charge in [-0.1, -0.05) is 69.7 Å². The van der Waals surface area contributed by atoms with E-state index in [1.807, 2.05) is 62.4 Å². The molecule has 3 aromatic rings. The van der Waals surface area contributed by atoms with E-state index in [1.54, 1.807) is 14.7 Å². The molecule has 4 rings (SSSR count). The van der Waals surface area contributed by atoms with Crippen LogP contribution in [0, 0.1) is 5.92 Å². The number of unbranched alkanes of at least 4 members (excludes halogenated alkanes) is 2. The average molecular weight is 735 g/mol. The zero-order chi connectivity index (χ0) is 37.3. The average Bonchev–Trinajstić information content (AvgIpc) is 3.57. The Labute approximate surface area is 313 Å². The molecule has 52 heavy (non-hydrogen) atoms. The number of hydrogen-bond donors (Lipinski definition) is 1. The lowest BCUT2D eigenvalue weighted by Crippen LogP contribution is -2.42. The van der Waals surface area contributed by atoms with Crippen molar-refractivity contribution in [3.05, 3.63) is 54.1 Å². The number of fused-ring (bicyclic) bond motifs is 5. The highest BCUT2D eigenvalue weighted by molar-refractivity contribution is 6.13.